The van der Waals surface area contributed by atoms with Gasteiger partial charge in [0.15, 0.2) is 0 Å². The molecule has 14 heavy (non-hydrogen) atoms. The van der Waals surface area contributed by atoms with E-state index in [0.717, 1.165) is 11.4 Å². The van der Waals surface area contributed by atoms with Crippen molar-refractivity contribution in [2.75, 3.05) is 0 Å². The van der Waals surface area contributed by atoms with Gasteiger partial charge in [-0.1, -0.05) is 6.92 Å². The molecule has 74 valence electrons. The fourth-order valence-electron chi connectivity index (χ4n) is 1.65. The number of aryl methyl sites for hydroxylation is 1. The van der Waals surface area contributed by atoms with Crippen molar-refractivity contribution in [2.45, 2.75) is 32.8 Å². The lowest BCUT2D eigenvalue weighted by atomic mass is 9.94. The number of fused-ring (bicyclic) bond motifs is 1. The van der Waals surface area contributed by atoms with Crippen molar-refractivity contribution in [3.8, 4) is 0 Å². The Morgan fingerprint density at radius 1 is 1.36 bits per heavy atom. The van der Waals surface area contributed by atoms with Gasteiger partial charge in [-0.2, -0.15) is 0 Å². The first-order valence-electron chi connectivity index (χ1n) is 4.78. The molecule has 1 aromatic heterocycles. The van der Waals surface area contributed by atoms with Gasteiger partial charge in [0.25, 0.3) is 0 Å². The monoisotopic (exact) mass is 191 g/mol. The van der Waals surface area contributed by atoms with Crippen LogP contribution in [-0.2, 0) is 4.74 Å². The smallest absolute Gasteiger partial charge is 0.340 e. The summed E-state index contributed by atoms with van der Waals surface area (Å²) in [6.45, 7) is 5.86. The van der Waals surface area contributed by atoms with Crippen LogP contribution in [0, 0.1) is 6.92 Å². The molecule has 0 aromatic carbocycles. The van der Waals surface area contributed by atoms with Gasteiger partial charge < -0.3 is 4.74 Å². The Labute approximate surface area is 83.1 Å². The highest BCUT2D eigenvalue weighted by molar-refractivity contribution is 5.92. The van der Waals surface area contributed by atoms with Crippen molar-refractivity contribution in [3.05, 3.63) is 29.1 Å². The summed E-state index contributed by atoms with van der Waals surface area (Å²) in [4.78, 5) is 15.9. The predicted molar refractivity (Wildman–Crippen MR) is 52.3 cm³/mol. The summed E-state index contributed by atoms with van der Waals surface area (Å²) in [6.07, 6.45) is -0.0794. The van der Waals surface area contributed by atoms with E-state index in [2.05, 4.69) is 4.98 Å². The Morgan fingerprint density at radius 3 is 2.79 bits per heavy atom. The van der Waals surface area contributed by atoms with E-state index in [4.69, 9.17) is 4.74 Å². The summed E-state index contributed by atoms with van der Waals surface area (Å²) >= 11 is 0. The lowest BCUT2D eigenvalue weighted by molar-refractivity contribution is 0.0234. The Morgan fingerprint density at radius 2 is 2.07 bits per heavy atom. The molecule has 0 amide bonds. The first-order valence-corrected chi connectivity index (χ1v) is 4.78. The Bertz CT molecular complexity index is 387. The van der Waals surface area contributed by atoms with Crippen molar-refractivity contribution in [1.29, 1.82) is 0 Å². The molecule has 1 aliphatic heterocycles. The normalized spacial score (nSPS) is 25.5. The van der Waals surface area contributed by atoms with Gasteiger partial charge in [-0.25, -0.2) is 4.79 Å². The lowest BCUT2D eigenvalue weighted by Crippen LogP contribution is -2.29. The number of carbonyl (C=O) groups excluding carboxylic acids is 1. The Balaban J connectivity index is 2.56. The number of carbonyl (C=O) groups is 1. The molecule has 2 rings (SSSR count). The fraction of sp³-hybridized carbons (Fsp3) is 0.455. The molecule has 0 N–H and O–H groups in total. The van der Waals surface area contributed by atoms with E-state index in [0.29, 0.717) is 5.56 Å². The van der Waals surface area contributed by atoms with Crippen LogP contribution < -0.4 is 0 Å². The average Bonchev–Trinajstić information content (AvgIpc) is 2.14. The predicted octanol–water partition coefficient (Wildman–Crippen LogP) is 2.05. The third-order valence-corrected chi connectivity index (χ3v) is 2.71. The molecule has 1 aliphatic rings. The maximum absolute atomic E-state index is 11.5. The third kappa shape index (κ3) is 1.29. The van der Waals surface area contributed by atoms with Crippen molar-refractivity contribution in [2.24, 2.45) is 0 Å². The summed E-state index contributed by atoms with van der Waals surface area (Å²) < 4.78 is 5.19. The Hall–Kier alpha value is -1.38. The van der Waals surface area contributed by atoms with Gasteiger partial charge in [-0.15, -0.1) is 0 Å². The van der Waals surface area contributed by atoms with E-state index in [1.165, 1.54) is 0 Å². The molecule has 0 fully saturated rings. The van der Waals surface area contributed by atoms with Crippen LogP contribution in [0.2, 0.25) is 0 Å². The summed E-state index contributed by atoms with van der Waals surface area (Å²) in [5, 5.41) is 0. The SMILES string of the molecule is Cc1ccc2c(n1)[C@@H](C)[C@@H](C)OC2=O. The van der Waals surface area contributed by atoms with Crippen LogP contribution in [0.15, 0.2) is 12.1 Å². The zero-order valence-electron chi connectivity index (χ0n) is 8.57. The molecular formula is C11H13NO2. The molecular weight excluding hydrogens is 178 g/mol. The maximum Gasteiger partial charge on any atom is 0.340 e. The number of hydrogen-bond donors (Lipinski definition) is 0. The summed E-state index contributed by atoms with van der Waals surface area (Å²) in [7, 11) is 0. The van der Waals surface area contributed by atoms with Gasteiger partial charge in [0, 0.05) is 11.6 Å². The molecule has 2 atom stereocenters. The quantitative estimate of drug-likeness (QED) is 0.589. The van der Waals surface area contributed by atoms with E-state index >= 15 is 0 Å². The van der Waals surface area contributed by atoms with Crippen molar-refractivity contribution in [3.63, 3.8) is 0 Å². The molecule has 2 heterocycles. The van der Waals surface area contributed by atoms with Crippen molar-refractivity contribution in [1.82, 2.24) is 4.98 Å². The van der Waals surface area contributed by atoms with Crippen LogP contribution >= 0.6 is 0 Å². The molecule has 1 aromatic rings. The topological polar surface area (TPSA) is 39.2 Å². The average molecular weight is 191 g/mol. The second-order valence-corrected chi connectivity index (χ2v) is 3.78. The number of esters is 1. The van der Waals surface area contributed by atoms with E-state index < -0.39 is 0 Å². The number of aromatic nitrogens is 1. The van der Waals surface area contributed by atoms with E-state index in [1.807, 2.05) is 26.8 Å². The molecule has 3 nitrogen and oxygen atoms in total. The number of nitrogens with zero attached hydrogens (tertiary/aromatic N) is 1. The molecule has 3 heteroatoms. The summed E-state index contributed by atoms with van der Waals surface area (Å²) in [5.74, 6) is -0.0688. The van der Waals surface area contributed by atoms with Crippen LogP contribution in [0.5, 0.6) is 0 Å². The maximum atomic E-state index is 11.5. The van der Waals surface area contributed by atoms with Gasteiger partial charge in [0.05, 0.1) is 11.3 Å². The standard InChI is InChI=1S/C11H13NO2/c1-6-4-5-9-10(12-6)7(2)8(3)14-11(9)13/h4-5,7-8H,1-3H3/t7-,8+/m0/s1. The summed E-state index contributed by atoms with van der Waals surface area (Å²) in [6, 6.07) is 3.63. The number of cyclic esters (lactones) is 1. The molecule has 0 aliphatic carbocycles. The lowest BCUT2D eigenvalue weighted by Gasteiger charge is -2.27. The van der Waals surface area contributed by atoms with Gasteiger partial charge in [-0.3, -0.25) is 4.98 Å². The zero-order chi connectivity index (χ0) is 10.3. The van der Waals surface area contributed by atoms with Gasteiger partial charge in [0.1, 0.15) is 6.10 Å². The summed E-state index contributed by atoms with van der Waals surface area (Å²) in [5.41, 5.74) is 2.42. The van der Waals surface area contributed by atoms with Crippen molar-refractivity contribution < 1.29 is 9.53 Å². The van der Waals surface area contributed by atoms with Crippen LogP contribution in [-0.4, -0.2) is 17.1 Å². The zero-order valence-corrected chi connectivity index (χ0v) is 8.57. The molecule has 0 bridgehead atoms. The Kier molecular flexibility index (Phi) is 2.02. The minimum atomic E-state index is -0.252. The highest BCUT2D eigenvalue weighted by Gasteiger charge is 2.30. The third-order valence-electron chi connectivity index (χ3n) is 2.71. The first-order chi connectivity index (χ1) is 6.59. The number of ether oxygens (including phenoxy) is 1. The second-order valence-electron chi connectivity index (χ2n) is 3.78. The van der Waals surface area contributed by atoms with Crippen LogP contribution in [0.4, 0.5) is 0 Å². The van der Waals surface area contributed by atoms with Crippen LogP contribution in [0.1, 0.15) is 41.5 Å². The largest absolute Gasteiger partial charge is 0.458 e. The minimum absolute atomic E-state index is 0.0794. The number of pyridine rings is 1. The highest BCUT2D eigenvalue weighted by atomic mass is 16.5. The molecule has 0 saturated carbocycles. The highest BCUT2D eigenvalue weighted by Crippen LogP contribution is 2.29. The molecule has 0 saturated heterocycles. The van der Waals surface area contributed by atoms with Crippen LogP contribution in [0.25, 0.3) is 0 Å². The minimum Gasteiger partial charge on any atom is -0.458 e. The molecule has 0 spiro atoms. The van der Waals surface area contributed by atoms with Gasteiger partial charge in [0.2, 0.25) is 0 Å². The molecule has 0 radical (unpaired) electrons. The fourth-order valence-corrected chi connectivity index (χ4v) is 1.65. The van der Waals surface area contributed by atoms with Gasteiger partial charge >= 0.3 is 5.97 Å². The van der Waals surface area contributed by atoms with E-state index in [9.17, 15) is 4.79 Å². The second kappa shape index (κ2) is 3.08. The van der Waals surface area contributed by atoms with Crippen molar-refractivity contribution >= 4 is 5.97 Å². The van der Waals surface area contributed by atoms with Crippen LogP contribution in [0.3, 0.4) is 0 Å². The first kappa shape index (κ1) is 9.19. The number of rotatable bonds is 0. The van der Waals surface area contributed by atoms with Gasteiger partial charge in [-0.05, 0) is 26.0 Å². The van der Waals surface area contributed by atoms with E-state index in [1.54, 1.807) is 6.07 Å². The van der Waals surface area contributed by atoms with E-state index in [-0.39, 0.29) is 18.0 Å². The number of hydrogen-bond acceptors (Lipinski definition) is 3. The molecule has 0 unspecified atom stereocenters.